The van der Waals surface area contributed by atoms with Crippen LogP contribution in [0.1, 0.15) is 73.6 Å². The van der Waals surface area contributed by atoms with Gasteiger partial charge >= 0.3 is 0 Å². The van der Waals surface area contributed by atoms with Crippen LogP contribution in [0.15, 0.2) is 0 Å². The topological polar surface area (TPSA) is 0 Å². The Labute approximate surface area is 97.8 Å². The molecule has 15 heavy (non-hydrogen) atoms. The zero-order valence-corrected chi connectivity index (χ0v) is 11.8. The van der Waals surface area contributed by atoms with Gasteiger partial charge in [0, 0.05) is 0 Å². The lowest BCUT2D eigenvalue weighted by Gasteiger charge is -2.34. The molecule has 0 spiro atoms. The summed E-state index contributed by atoms with van der Waals surface area (Å²) in [6.07, 6.45) is 6.60. The first-order valence-electron chi connectivity index (χ1n) is 7.01. The van der Waals surface area contributed by atoms with Crippen molar-refractivity contribution in [3.63, 3.8) is 0 Å². The number of rotatable bonds is 8. The van der Waals surface area contributed by atoms with Gasteiger partial charge in [-0.1, -0.05) is 67.2 Å². The summed E-state index contributed by atoms with van der Waals surface area (Å²) in [4.78, 5) is 0. The minimum Gasteiger partial charge on any atom is -0.0651 e. The van der Waals surface area contributed by atoms with Gasteiger partial charge in [-0.2, -0.15) is 0 Å². The predicted octanol–water partition coefficient (Wildman–Crippen LogP) is 5.48. The Kier molecular flexibility index (Phi) is 8.19. The Bertz CT molecular complexity index is 131. The molecule has 91 valence electrons. The van der Waals surface area contributed by atoms with Gasteiger partial charge in [0.15, 0.2) is 0 Å². The second kappa shape index (κ2) is 8.19. The van der Waals surface area contributed by atoms with Gasteiger partial charge in [0.2, 0.25) is 0 Å². The maximum atomic E-state index is 2.45. The third kappa shape index (κ3) is 4.17. The second-order valence-electron chi connectivity index (χ2n) is 4.81. The average molecular weight is 211 g/mol. The van der Waals surface area contributed by atoms with E-state index in [9.17, 15) is 0 Å². The van der Waals surface area contributed by atoms with Crippen LogP contribution < -0.4 is 0 Å². The van der Waals surface area contributed by atoms with E-state index in [2.05, 4.69) is 41.5 Å². The summed E-state index contributed by atoms with van der Waals surface area (Å²) in [5.41, 5.74) is 0. The molecule has 0 saturated heterocycles. The normalized spacial score (nSPS) is 14.2. The predicted molar refractivity (Wildman–Crippen MR) is 70.8 cm³/mol. The summed E-state index contributed by atoms with van der Waals surface area (Å²) in [7, 11) is 0. The van der Waals surface area contributed by atoms with Gasteiger partial charge in [-0.15, -0.1) is 0 Å². The second-order valence-corrected chi connectivity index (χ2v) is 4.81. The fraction of sp³-hybridized carbons (Fsp3) is 0.933. The molecule has 0 heteroatoms. The highest BCUT2D eigenvalue weighted by Gasteiger charge is 2.27. The smallest absolute Gasteiger partial charge is 0.0182 e. The molecule has 0 aliphatic carbocycles. The Balaban J connectivity index is 4.48. The van der Waals surface area contributed by atoms with Gasteiger partial charge in [0.25, 0.3) is 0 Å². The standard InChI is InChI=1S/C15H31/c1-7-13(8-2)12(6)15(11-5)14(9-3)10-4/h12-14H,7-11H2,1-6H3. The molecular weight excluding hydrogens is 180 g/mol. The minimum atomic E-state index is 0.829. The molecule has 1 radical (unpaired) electrons. The highest BCUT2D eigenvalue weighted by Crippen LogP contribution is 2.37. The molecule has 0 bridgehead atoms. The molecule has 0 heterocycles. The zero-order valence-electron chi connectivity index (χ0n) is 11.8. The van der Waals surface area contributed by atoms with E-state index in [0.717, 1.165) is 17.8 Å². The first-order chi connectivity index (χ1) is 7.15. The zero-order chi connectivity index (χ0) is 11.8. The first-order valence-corrected chi connectivity index (χ1v) is 7.01. The van der Waals surface area contributed by atoms with Crippen molar-refractivity contribution in [1.29, 1.82) is 0 Å². The lowest BCUT2D eigenvalue weighted by Crippen LogP contribution is -2.24. The highest BCUT2D eigenvalue weighted by molar-refractivity contribution is 5.00. The van der Waals surface area contributed by atoms with E-state index in [4.69, 9.17) is 0 Å². The van der Waals surface area contributed by atoms with Crippen molar-refractivity contribution in [1.82, 2.24) is 0 Å². The van der Waals surface area contributed by atoms with Crippen LogP contribution in [0, 0.1) is 23.7 Å². The molecular formula is C15H31. The third-order valence-corrected chi connectivity index (χ3v) is 4.26. The molecule has 0 aromatic rings. The van der Waals surface area contributed by atoms with Crippen LogP contribution in [0.2, 0.25) is 0 Å². The quantitative estimate of drug-likeness (QED) is 0.499. The number of hydrogen-bond donors (Lipinski definition) is 0. The van der Waals surface area contributed by atoms with Crippen LogP contribution >= 0.6 is 0 Å². The molecule has 0 fully saturated rings. The average Bonchev–Trinajstić information content (AvgIpc) is 2.27. The van der Waals surface area contributed by atoms with Crippen molar-refractivity contribution < 1.29 is 0 Å². The van der Waals surface area contributed by atoms with Crippen LogP contribution in [0.3, 0.4) is 0 Å². The van der Waals surface area contributed by atoms with E-state index in [1.54, 1.807) is 0 Å². The summed E-state index contributed by atoms with van der Waals surface area (Å²) in [5.74, 6) is 4.43. The fourth-order valence-electron chi connectivity index (χ4n) is 3.09. The monoisotopic (exact) mass is 211 g/mol. The van der Waals surface area contributed by atoms with Gasteiger partial charge in [0.05, 0.1) is 0 Å². The van der Waals surface area contributed by atoms with Gasteiger partial charge in [0.1, 0.15) is 0 Å². The van der Waals surface area contributed by atoms with E-state index in [-0.39, 0.29) is 0 Å². The third-order valence-electron chi connectivity index (χ3n) is 4.26. The van der Waals surface area contributed by atoms with Crippen molar-refractivity contribution in [2.24, 2.45) is 17.8 Å². The van der Waals surface area contributed by atoms with Crippen LogP contribution in [0.5, 0.6) is 0 Å². The van der Waals surface area contributed by atoms with Crippen molar-refractivity contribution in [3.8, 4) is 0 Å². The summed E-state index contributed by atoms with van der Waals surface area (Å²) >= 11 is 0. The van der Waals surface area contributed by atoms with Crippen LogP contribution in [0.4, 0.5) is 0 Å². The van der Waals surface area contributed by atoms with E-state index in [0.29, 0.717) is 0 Å². The Morgan fingerprint density at radius 1 is 0.800 bits per heavy atom. The van der Waals surface area contributed by atoms with Crippen molar-refractivity contribution in [3.05, 3.63) is 5.92 Å². The van der Waals surface area contributed by atoms with Gasteiger partial charge in [-0.05, 0) is 30.1 Å². The molecule has 0 saturated carbocycles. The molecule has 0 nitrogen and oxygen atoms in total. The summed E-state index contributed by atoms with van der Waals surface area (Å²) in [6, 6.07) is 0. The minimum absolute atomic E-state index is 0.829. The molecule has 0 rings (SSSR count). The molecule has 1 unspecified atom stereocenters. The highest BCUT2D eigenvalue weighted by atomic mass is 14.3. The maximum Gasteiger partial charge on any atom is -0.0182 e. The lowest BCUT2D eigenvalue weighted by molar-refractivity contribution is 0.287. The number of hydrogen-bond acceptors (Lipinski definition) is 0. The van der Waals surface area contributed by atoms with Gasteiger partial charge in [-0.25, -0.2) is 0 Å². The molecule has 0 amide bonds. The molecule has 0 aliphatic heterocycles. The summed E-state index contributed by atoms with van der Waals surface area (Å²) < 4.78 is 0. The molecule has 0 aromatic heterocycles. The Morgan fingerprint density at radius 2 is 1.27 bits per heavy atom. The summed E-state index contributed by atoms with van der Waals surface area (Å²) in [6.45, 7) is 14.1. The van der Waals surface area contributed by atoms with E-state index in [1.165, 1.54) is 32.1 Å². The SMILES string of the molecule is CC[C](C(CC)CC)C(C)C(CC)CC. The molecule has 1 atom stereocenters. The van der Waals surface area contributed by atoms with E-state index < -0.39 is 0 Å². The molecule has 0 aliphatic rings. The van der Waals surface area contributed by atoms with E-state index >= 15 is 0 Å². The molecule has 0 aromatic carbocycles. The van der Waals surface area contributed by atoms with Gasteiger partial charge < -0.3 is 0 Å². The Hall–Kier alpha value is 0. The van der Waals surface area contributed by atoms with Crippen molar-refractivity contribution in [2.75, 3.05) is 0 Å². The maximum absolute atomic E-state index is 2.45. The lowest BCUT2D eigenvalue weighted by atomic mass is 9.71. The van der Waals surface area contributed by atoms with Crippen molar-refractivity contribution >= 4 is 0 Å². The van der Waals surface area contributed by atoms with E-state index in [1.807, 2.05) is 5.92 Å². The molecule has 0 N–H and O–H groups in total. The fourth-order valence-corrected chi connectivity index (χ4v) is 3.09. The largest absolute Gasteiger partial charge is 0.0651 e. The first kappa shape index (κ1) is 15.0. The van der Waals surface area contributed by atoms with Crippen molar-refractivity contribution in [2.45, 2.75) is 73.6 Å². The van der Waals surface area contributed by atoms with Crippen LogP contribution in [0.25, 0.3) is 0 Å². The van der Waals surface area contributed by atoms with Crippen LogP contribution in [-0.2, 0) is 0 Å². The van der Waals surface area contributed by atoms with Gasteiger partial charge in [-0.3, -0.25) is 0 Å². The Morgan fingerprint density at radius 3 is 1.53 bits per heavy atom. The van der Waals surface area contributed by atoms with Crippen LogP contribution in [-0.4, -0.2) is 0 Å². The summed E-state index contributed by atoms with van der Waals surface area (Å²) in [5, 5.41) is 0.